The average molecular weight is 303 g/mol. The molecule has 0 bridgehead atoms. The molecule has 1 aromatic carbocycles. The summed E-state index contributed by atoms with van der Waals surface area (Å²) in [5, 5.41) is 5.34. The van der Waals surface area contributed by atoms with Crippen LogP contribution in [-0.4, -0.2) is 16.0 Å². The highest BCUT2D eigenvalue weighted by atomic mass is 35.5. The van der Waals surface area contributed by atoms with E-state index in [1.165, 1.54) is 24.0 Å². The lowest BCUT2D eigenvalue weighted by Gasteiger charge is -2.29. The summed E-state index contributed by atoms with van der Waals surface area (Å²) < 4.78 is 0. The third kappa shape index (κ3) is 2.80. The monoisotopic (exact) mass is 302 g/mol. The Bertz CT molecular complexity index is 674. The van der Waals surface area contributed by atoms with Crippen molar-refractivity contribution in [1.82, 2.24) is 9.97 Å². The van der Waals surface area contributed by atoms with E-state index in [9.17, 15) is 0 Å². The summed E-state index contributed by atoms with van der Waals surface area (Å²) in [5.41, 5.74) is 2.46. The van der Waals surface area contributed by atoms with Gasteiger partial charge >= 0.3 is 0 Å². The van der Waals surface area contributed by atoms with Crippen LogP contribution >= 0.6 is 11.6 Å². The number of hydrogen-bond acceptors (Lipinski definition) is 5. The molecule has 0 radical (unpaired) electrons. The molecule has 2 heterocycles. The number of nitrogens with one attached hydrogen (secondary N) is 1. The predicted octanol–water partition coefficient (Wildman–Crippen LogP) is 3.16. The van der Waals surface area contributed by atoms with Crippen LogP contribution in [0.5, 0.6) is 0 Å². The summed E-state index contributed by atoms with van der Waals surface area (Å²) in [6.07, 6.45) is 2.37. The number of benzene rings is 1. The fourth-order valence-corrected chi connectivity index (χ4v) is 2.57. The largest absolute Gasteiger partial charge is 0.367 e. The maximum atomic E-state index is 6.03. The number of rotatable bonds is 3. The lowest BCUT2D eigenvalue weighted by Crippen LogP contribution is -2.29. The lowest BCUT2D eigenvalue weighted by atomic mass is 10.1. The van der Waals surface area contributed by atoms with E-state index >= 15 is 0 Å². The summed E-state index contributed by atoms with van der Waals surface area (Å²) in [7, 11) is 0. The summed E-state index contributed by atoms with van der Waals surface area (Å²) in [5.74, 6) is 1.45. The minimum absolute atomic E-state index is 0.234. The van der Waals surface area contributed by atoms with E-state index in [1.54, 1.807) is 5.06 Å². The molecule has 2 aromatic rings. The van der Waals surface area contributed by atoms with Crippen molar-refractivity contribution < 1.29 is 4.84 Å². The third-order valence-electron chi connectivity index (χ3n) is 3.68. The molecule has 0 atom stereocenters. The van der Waals surface area contributed by atoms with Crippen LogP contribution in [0.25, 0.3) is 0 Å². The third-order valence-corrected chi connectivity index (χ3v) is 3.85. The minimum atomic E-state index is 0.234. The van der Waals surface area contributed by atoms with Crippen LogP contribution in [0, 0.1) is 0 Å². The van der Waals surface area contributed by atoms with E-state index in [0.717, 1.165) is 5.82 Å². The Hall–Kier alpha value is -1.85. The average Bonchev–Trinajstić information content (AvgIpc) is 3.30. The Morgan fingerprint density at radius 3 is 2.81 bits per heavy atom. The van der Waals surface area contributed by atoms with Crippen LogP contribution in [0.1, 0.15) is 24.0 Å². The van der Waals surface area contributed by atoms with Crippen molar-refractivity contribution in [2.24, 2.45) is 0 Å². The first-order valence-corrected chi connectivity index (χ1v) is 7.44. The smallest absolute Gasteiger partial charge is 0.226 e. The molecule has 2 aliphatic rings. The fourth-order valence-electron chi connectivity index (χ4n) is 2.39. The Balaban J connectivity index is 1.60. The van der Waals surface area contributed by atoms with E-state index in [4.69, 9.17) is 16.4 Å². The van der Waals surface area contributed by atoms with E-state index in [1.807, 2.05) is 18.2 Å². The highest BCUT2D eigenvalue weighted by Crippen LogP contribution is 2.29. The molecule has 1 aromatic heterocycles. The Labute approximate surface area is 127 Å². The second-order valence-electron chi connectivity index (χ2n) is 5.38. The fraction of sp³-hybridized carbons (Fsp3) is 0.333. The molecule has 6 heteroatoms. The molecule has 4 rings (SSSR count). The van der Waals surface area contributed by atoms with Gasteiger partial charge in [-0.1, -0.05) is 24.3 Å². The Morgan fingerprint density at radius 2 is 2.00 bits per heavy atom. The Kier molecular flexibility index (Phi) is 3.16. The second-order valence-corrected chi connectivity index (χ2v) is 5.72. The maximum Gasteiger partial charge on any atom is 0.226 e. The normalized spacial score (nSPS) is 17.5. The number of anilines is 2. The van der Waals surface area contributed by atoms with Gasteiger partial charge in [-0.05, 0) is 35.6 Å². The van der Waals surface area contributed by atoms with Crippen LogP contribution in [0.4, 0.5) is 11.6 Å². The first kappa shape index (κ1) is 12.9. The van der Waals surface area contributed by atoms with E-state index in [0.29, 0.717) is 25.0 Å². The van der Waals surface area contributed by atoms with Crippen molar-refractivity contribution in [3.05, 3.63) is 46.7 Å². The van der Waals surface area contributed by atoms with Crippen molar-refractivity contribution >= 4 is 23.2 Å². The quantitative estimate of drug-likeness (QED) is 0.883. The molecule has 108 valence electrons. The topological polar surface area (TPSA) is 50.3 Å². The van der Waals surface area contributed by atoms with Crippen LogP contribution < -0.4 is 10.4 Å². The number of hydrogen-bond donors (Lipinski definition) is 1. The van der Waals surface area contributed by atoms with Gasteiger partial charge in [0.05, 0.1) is 6.54 Å². The SMILES string of the molecule is Clc1nc(NC2CC2)cc(N2Cc3ccccc3CO2)n1. The molecule has 1 fully saturated rings. The molecule has 1 aliphatic heterocycles. The van der Waals surface area contributed by atoms with E-state index in [2.05, 4.69) is 27.4 Å². The Morgan fingerprint density at radius 1 is 1.19 bits per heavy atom. The van der Waals surface area contributed by atoms with Gasteiger partial charge < -0.3 is 5.32 Å². The van der Waals surface area contributed by atoms with Crippen LogP contribution in [0.3, 0.4) is 0 Å². The molecular weight excluding hydrogens is 288 g/mol. The maximum absolute atomic E-state index is 6.03. The highest BCUT2D eigenvalue weighted by molar-refractivity contribution is 6.28. The molecule has 0 spiro atoms. The van der Waals surface area contributed by atoms with Gasteiger partial charge in [-0.15, -0.1) is 0 Å². The van der Waals surface area contributed by atoms with Crippen molar-refractivity contribution in [3.63, 3.8) is 0 Å². The molecule has 1 N–H and O–H groups in total. The first-order chi connectivity index (χ1) is 10.3. The van der Waals surface area contributed by atoms with Gasteiger partial charge in [0.25, 0.3) is 0 Å². The van der Waals surface area contributed by atoms with E-state index in [-0.39, 0.29) is 5.28 Å². The van der Waals surface area contributed by atoms with Gasteiger partial charge in [0.1, 0.15) is 12.4 Å². The van der Waals surface area contributed by atoms with Gasteiger partial charge in [-0.25, -0.2) is 10.0 Å². The second kappa shape index (κ2) is 5.16. The van der Waals surface area contributed by atoms with Gasteiger partial charge in [0, 0.05) is 12.1 Å². The summed E-state index contributed by atoms with van der Waals surface area (Å²) >= 11 is 6.03. The minimum Gasteiger partial charge on any atom is -0.367 e. The number of nitrogens with zero attached hydrogens (tertiary/aromatic N) is 3. The molecule has 0 amide bonds. The first-order valence-electron chi connectivity index (χ1n) is 7.06. The zero-order valence-corrected chi connectivity index (χ0v) is 12.2. The molecule has 0 saturated heterocycles. The predicted molar refractivity (Wildman–Crippen MR) is 81.1 cm³/mol. The van der Waals surface area contributed by atoms with Crippen molar-refractivity contribution in [2.45, 2.75) is 32.0 Å². The van der Waals surface area contributed by atoms with Crippen LogP contribution in [0.2, 0.25) is 5.28 Å². The van der Waals surface area contributed by atoms with Gasteiger partial charge in [-0.3, -0.25) is 4.84 Å². The van der Waals surface area contributed by atoms with Crippen molar-refractivity contribution in [2.75, 3.05) is 10.4 Å². The summed E-state index contributed by atoms with van der Waals surface area (Å²) in [6, 6.07) is 10.7. The van der Waals surface area contributed by atoms with Crippen molar-refractivity contribution in [3.8, 4) is 0 Å². The zero-order valence-electron chi connectivity index (χ0n) is 11.4. The number of hydroxylamine groups is 1. The highest BCUT2D eigenvalue weighted by Gasteiger charge is 2.23. The molecule has 0 unspecified atom stereocenters. The van der Waals surface area contributed by atoms with Gasteiger partial charge in [-0.2, -0.15) is 4.98 Å². The zero-order chi connectivity index (χ0) is 14.2. The summed E-state index contributed by atoms with van der Waals surface area (Å²) in [4.78, 5) is 14.3. The van der Waals surface area contributed by atoms with Crippen molar-refractivity contribution in [1.29, 1.82) is 0 Å². The molecular formula is C15H15ClN4O. The van der Waals surface area contributed by atoms with E-state index < -0.39 is 0 Å². The van der Waals surface area contributed by atoms with Crippen LogP contribution in [-0.2, 0) is 18.0 Å². The van der Waals surface area contributed by atoms with Gasteiger partial charge in [0.15, 0.2) is 5.82 Å². The summed E-state index contributed by atoms with van der Waals surface area (Å²) in [6.45, 7) is 1.20. The number of aromatic nitrogens is 2. The van der Waals surface area contributed by atoms with Gasteiger partial charge in [0.2, 0.25) is 5.28 Å². The molecule has 21 heavy (non-hydrogen) atoms. The van der Waals surface area contributed by atoms with Crippen LogP contribution in [0.15, 0.2) is 30.3 Å². The standard InChI is InChI=1S/C15H15ClN4O/c16-15-18-13(17-12-5-6-12)7-14(19-15)20-8-10-3-1-2-4-11(10)9-21-20/h1-4,7,12H,5-6,8-9H2,(H,17,18,19). The molecule has 5 nitrogen and oxygen atoms in total. The lowest BCUT2D eigenvalue weighted by molar-refractivity contribution is 0.0763. The molecule has 1 saturated carbocycles. The number of halogens is 1. The number of fused-ring (bicyclic) bond motifs is 1. The molecule has 1 aliphatic carbocycles.